The second-order valence-corrected chi connectivity index (χ2v) is 7.16. The van der Waals surface area contributed by atoms with E-state index in [2.05, 4.69) is 10.2 Å². The summed E-state index contributed by atoms with van der Waals surface area (Å²) in [6.45, 7) is 1.76. The van der Waals surface area contributed by atoms with Crippen LogP contribution in [-0.2, 0) is 16.0 Å². The van der Waals surface area contributed by atoms with Crippen molar-refractivity contribution in [2.45, 2.75) is 44.6 Å². The van der Waals surface area contributed by atoms with Crippen molar-refractivity contribution in [3.63, 3.8) is 0 Å². The van der Waals surface area contributed by atoms with Gasteiger partial charge in [0, 0.05) is 38.6 Å². The average Bonchev–Trinajstić information content (AvgIpc) is 3.39. The SMILES string of the molecule is CN(CC[C@H]1CCCCO1)C(=O)CCc1nnc(-c2ccc3c(c2)OCO3)o1. The van der Waals surface area contributed by atoms with Gasteiger partial charge < -0.3 is 23.5 Å². The van der Waals surface area contributed by atoms with E-state index in [1.807, 2.05) is 25.2 Å². The predicted molar refractivity (Wildman–Crippen MR) is 100 cm³/mol. The molecule has 3 heterocycles. The third kappa shape index (κ3) is 4.44. The number of fused-ring (bicyclic) bond motifs is 1. The molecule has 0 radical (unpaired) electrons. The van der Waals surface area contributed by atoms with Gasteiger partial charge in [0.2, 0.25) is 24.5 Å². The Kier molecular flexibility index (Phi) is 5.76. The molecule has 0 saturated carbocycles. The van der Waals surface area contributed by atoms with E-state index in [0.717, 1.165) is 31.4 Å². The standard InChI is InChI=1S/C20H25N3O5/c1-23(10-9-15-4-2-3-11-25-15)19(24)8-7-18-21-22-20(28-18)14-5-6-16-17(12-14)27-13-26-16/h5-6,12,15H,2-4,7-11,13H2,1H3/t15-/m1/s1. The summed E-state index contributed by atoms with van der Waals surface area (Å²) >= 11 is 0. The molecule has 1 amide bonds. The molecule has 2 aliphatic rings. The summed E-state index contributed by atoms with van der Waals surface area (Å²) in [4.78, 5) is 14.1. The van der Waals surface area contributed by atoms with E-state index in [9.17, 15) is 4.79 Å². The summed E-state index contributed by atoms with van der Waals surface area (Å²) in [5.41, 5.74) is 0.763. The van der Waals surface area contributed by atoms with E-state index < -0.39 is 0 Å². The zero-order valence-corrected chi connectivity index (χ0v) is 16.1. The summed E-state index contributed by atoms with van der Waals surface area (Å²) in [5.74, 6) is 2.29. The van der Waals surface area contributed by atoms with Crippen molar-refractivity contribution in [1.82, 2.24) is 15.1 Å². The number of amides is 1. The topological polar surface area (TPSA) is 86.9 Å². The van der Waals surface area contributed by atoms with E-state index in [0.29, 0.717) is 42.7 Å². The molecule has 150 valence electrons. The Labute approximate surface area is 163 Å². The molecule has 1 atom stereocenters. The molecule has 0 bridgehead atoms. The zero-order chi connectivity index (χ0) is 19.3. The predicted octanol–water partition coefficient (Wildman–Crippen LogP) is 2.82. The second-order valence-electron chi connectivity index (χ2n) is 7.16. The average molecular weight is 387 g/mol. The van der Waals surface area contributed by atoms with Gasteiger partial charge in [-0.3, -0.25) is 4.79 Å². The number of hydrogen-bond acceptors (Lipinski definition) is 7. The van der Waals surface area contributed by atoms with Gasteiger partial charge in [0.15, 0.2) is 11.5 Å². The van der Waals surface area contributed by atoms with Crippen LogP contribution in [0.4, 0.5) is 0 Å². The third-order valence-electron chi connectivity index (χ3n) is 5.13. The van der Waals surface area contributed by atoms with Gasteiger partial charge in [-0.25, -0.2) is 0 Å². The van der Waals surface area contributed by atoms with Crippen LogP contribution in [0.1, 0.15) is 38.0 Å². The fraction of sp³-hybridized carbons (Fsp3) is 0.550. The smallest absolute Gasteiger partial charge is 0.247 e. The van der Waals surface area contributed by atoms with Gasteiger partial charge in [-0.15, -0.1) is 10.2 Å². The van der Waals surface area contributed by atoms with Crippen LogP contribution in [0.25, 0.3) is 11.5 Å². The van der Waals surface area contributed by atoms with Crippen molar-refractivity contribution >= 4 is 5.91 Å². The first-order valence-electron chi connectivity index (χ1n) is 9.77. The van der Waals surface area contributed by atoms with Crippen LogP contribution in [0.2, 0.25) is 0 Å². The van der Waals surface area contributed by atoms with Gasteiger partial charge >= 0.3 is 0 Å². The molecule has 1 fully saturated rings. The number of aromatic nitrogens is 2. The molecule has 0 N–H and O–H groups in total. The van der Waals surface area contributed by atoms with Gasteiger partial charge in [0.25, 0.3) is 0 Å². The van der Waals surface area contributed by atoms with Crippen LogP contribution in [0.5, 0.6) is 11.5 Å². The highest BCUT2D eigenvalue weighted by molar-refractivity contribution is 5.76. The van der Waals surface area contributed by atoms with Crippen LogP contribution in [0.15, 0.2) is 22.6 Å². The Morgan fingerprint density at radius 2 is 2.11 bits per heavy atom. The van der Waals surface area contributed by atoms with Crippen LogP contribution in [0.3, 0.4) is 0 Å². The molecule has 2 aliphatic heterocycles. The Bertz CT molecular complexity index is 816. The van der Waals surface area contributed by atoms with Gasteiger partial charge in [-0.1, -0.05) is 0 Å². The lowest BCUT2D eigenvalue weighted by molar-refractivity contribution is -0.130. The van der Waals surface area contributed by atoms with E-state index >= 15 is 0 Å². The summed E-state index contributed by atoms with van der Waals surface area (Å²) in [7, 11) is 1.83. The number of rotatable bonds is 7. The van der Waals surface area contributed by atoms with Crippen LogP contribution < -0.4 is 9.47 Å². The maximum atomic E-state index is 12.4. The number of hydrogen-bond donors (Lipinski definition) is 0. The molecule has 1 aromatic carbocycles. The lowest BCUT2D eigenvalue weighted by Gasteiger charge is -2.25. The maximum Gasteiger partial charge on any atom is 0.247 e. The van der Waals surface area contributed by atoms with Crippen molar-refractivity contribution in [1.29, 1.82) is 0 Å². The molecule has 0 aliphatic carbocycles. The Morgan fingerprint density at radius 3 is 2.96 bits per heavy atom. The highest BCUT2D eigenvalue weighted by atomic mass is 16.7. The molecule has 8 nitrogen and oxygen atoms in total. The molecule has 28 heavy (non-hydrogen) atoms. The number of benzene rings is 1. The highest BCUT2D eigenvalue weighted by Gasteiger charge is 2.19. The molecule has 8 heteroatoms. The van der Waals surface area contributed by atoms with Gasteiger partial charge in [-0.2, -0.15) is 0 Å². The molecule has 0 spiro atoms. The molecule has 1 aromatic heterocycles. The summed E-state index contributed by atoms with van der Waals surface area (Å²) in [6.07, 6.45) is 5.37. The zero-order valence-electron chi connectivity index (χ0n) is 16.1. The van der Waals surface area contributed by atoms with Crippen molar-refractivity contribution in [3.05, 3.63) is 24.1 Å². The molecular weight excluding hydrogens is 362 g/mol. The number of carbonyl (C=O) groups excluding carboxylic acids is 1. The summed E-state index contributed by atoms with van der Waals surface area (Å²) in [5, 5.41) is 8.14. The minimum atomic E-state index is 0.0682. The number of aryl methyl sites for hydroxylation is 1. The Morgan fingerprint density at radius 1 is 1.21 bits per heavy atom. The summed E-state index contributed by atoms with van der Waals surface area (Å²) in [6, 6.07) is 5.47. The van der Waals surface area contributed by atoms with E-state index in [1.54, 1.807) is 4.90 Å². The minimum absolute atomic E-state index is 0.0682. The number of nitrogens with zero attached hydrogens (tertiary/aromatic N) is 3. The third-order valence-corrected chi connectivity index (χ3v) is 5.13. The van der Waals surface area contributed by atoms with E-state index in [1.165, 1.54) is 6.42 Å². The first kappa shape index (κ1) is 18.7. The number of ether oxygens (including phenoxy) is 3. The highest BCUT2D eigenvalue weighted by Crippen LogP contribution is 2.35. The monoisotopic (exact) mass is 387 g/mol. The molecule has 2 aromatic rings. The van der Waals surface area contributed by atoms with Crippen LogP contribution >= 0.6 is 0 Å². The van der Waals surface area contributed by atoms with Crippen LogP contribution in [0, 0.1) is 0 Å². The van der Waals surface area contributed by atoms with Gasteiger partial charge in [0.05, 0.1) is 6.10 Å². The molecule has 4 rings (SSSR count). The van der Waals surface area contributed by atoms with E-state index in [4.69, 9.17) is 18.6 Å². The minimum Gasteiger partial charge on any atom is -0.454 e. The fourth-order valence-electron chi connectivity index (χ4n) is 3.40. The first-order chi connectivity index (χ1) is 13.7. The largest absolute Gasteiger partial charge is 0.454 e. The normalized spacial score (nSPS) is 18.2. The summed E-state index contributed by atoms with van der Waals surface area (Å²) < 4.78 is 22.1. The van der Waals surface area contributed by atoms with Crippen molar-refractivity contribution in [2.24, 2.45) is 0 Å². The van der Waals surface area contributed by atoms with Crippen molar-refractivity contribution in [3.8, 4) is 23.0 Å². The van der Waals surface area contributed by atoms with Crippen molar-refractivity contribution < 1.29 is 23.4 Å². The first-order valence-corrected chi connectivity index (χ1v) is 9.77. The molecular formula is C20H25N3O5. The van der Waals surface area contributed by atoms with E-state index in [-0.39, 0.29) is 18.8 Å². The van der Waals surface area contributed by atoms with Gasteiger partial charge in [-0.05, 0) is 43.9 Å². The maximum absolute atomic E-state index is 12.4. The van der Waals surface area contributed by atoms with Gasteiger partial charge in [0.1, 0.15) is 0 Å². The second kappa shape index (κ2) is 8.60. The number of carbonyl (C=O) groups is 1. The Hall–Kier alpha value is -2.61. The molecule has 0 unspecified atom stereocenters. The van der Waals surface area contributed by atoms with Crippen LogP contribution in [-0.4, -0.2) is 54.1 Å². The van der Waals surface area contributed by atoms with Crippen molar-refractivity contribution in [2.75, 3.05) is 27.0 Å². The lowest BCUT2D eigenvalue weighted by atomic mass is 10.1. The fourth-order valence-corrected chi connectivity index (χ4v) is 3.40. The molecule has 1 saturated heterocycles. The Balaban J connectivity index is 1.26. The quantitative estimate of drug-likeness (QED) is 0.722. The lowest BCUT2D eigenvalue weighted by Crippen LogP contribution is -2.31.